The minimum absolute atomic E-state index is 0. The van der Waals surface area contributed by atoms with Crippen LogP contribution in [0.25, 0.3) is 0 Å². The van der Waals surface area contributed by atoms with Gasteiger partial charge in [-0.25, -0.2) is 4.39 Å². The molecule has 2 aromatic rings. The van der Waals surface area contributed by atoms with Crippen molar-refractivity contribution in [3.63, 3.8) is 0 Å². The lowest BCUT2D eigenvalue weighted by atomic mass is 10.0. The van der Waals surface area contributed by atoms with Crippen LogP contribution >= 0.6 is 24.0 Å². The van der Waals surface area contributed by atoms with E-state index in [0.29, 0.717) is 18.3 Å². The van der Waals surface area contributed by atoms with E-state index in [-0.39, 0.29) is 35.9 Å². The molecule has 1 aliphatic rings. The van der Waals surface area contributed by atoms with E-state index in [4.69, 9.17) is 4.74 Å². The molecule has 0 amide bonds. The Morgan fingerprint density at radius 3 is 2.55 bits per heavy atom. The SMILES string of the molecule is CN=C(NCC(C)Oc1cccc(F)c1)NC1CCN(c2ccccc2)CC1.I. The van der Waals surface area contributed by atoms with Crippen LogP contribution in [-0.2, 0) is 0 Å². The molecule has 1 heterocycles. The number of piperidine rings is 1. The maximum Gasteiger partial charge on any atom is 0.191 e. The summed E-state index contributed by atoms with van der Waals surface area (Å²) in [4.78, 5) is 6.74. The van der Waals surface area contributed by atoms with E-state index in [1.165, 1.54) is 17.8 Å². The van der Waals surface area contributed by atoms with Gasteiger partial charge in [0.05, 0.1) is 6.54 Å². The van der Waals surface area contributed by atoms with Gasteiger partial charge in [0.2, 0.25) is 0 Å². The number of nitrogens with zero attached hydrogens (tertiary/aromatic N) is 2. The van der Waals surface area contributed by atoms with Crippen molar-refractivity contribution in [2.24, 2.45) is 4.99 Å². The van der Waals surface area contributed by atoms with Crippen molar-refractivity contribution in [2.75, 3.05) is 31.6 Å². The van der Waals surface area contributed by atoms with Crippen molar-refractivity contribution >= 4 is 35.6 Å². The molecule has 5 nitrogen and oxygen atoms in total. The first kappa shape index (κ1) is 23.3. The van der Waals surface area contributed by atoms with Crippen LogP contribution in [0.2, 0.25) is 0 Å². The van der Waals surface area contributed by atoms with Crippen LogP contribution < -0.4 is 20.3 Å². The first-order valence-corrected chi connectivity index (χ1v) is 9.83. The standard InChI is InChI=1S/C22H29FN4O.HI/c1-17(28-21-10-6-7-18(23)15-21)16-25-22(24-2)26-19-11-13-27(14-12-19)20-8-4-3-5-9-20;/h3-10,15,17,19H,11-14,16H2,1-2H3,(H2,24,25,26);1H. The monoisotopic (exact) mass is 512 g/mol. The number of para-hydroxylation sites is 1. The van der Waals surface area contributed by atoms with Crippen molar-refractivity contribution in [1.82, 2.24) is 10.6 Å². The average molecular weight is 512 g/mol. The van der Waals surface area contributed by atoms with Gasteiger partial charge in [0.25, 0.3) is 0 Å². The zero-order valence-electron chi connectivity index (χ0n) is 17.0. The molecule has 2 N–H and O–H groups in total. The average Bonchev–Trinajstić information content (AvgIpc) is 2.72. The summed E-state index contributed by atoms with van der Waals surface area (Å²) >= 11 is 0. The van der Waals surface area contributed by atoms with Crippen molar-refractivity contribution in [1.29, 1.82) is 0 Å². The minimum Gasteiger partial charge on any atom is -0.489 e. The lowest BCUT2D eigenvalue weighted by Crippen LogP contribution is -2.50. The summed E-state index contributed by atoms with van der Waals surface area (Å²) in [5, 5.41) is 6.80. The largest absolute Gasteiger partial charge is 0.489 e. The molecule has 1 saturated heterocycles. The van der Waals surface area contributed by atoms with Crippen LogP contribution in [0.1, 0.15) is 19.8 Å². The van der Waals surface area contributed by atoms with Crippen LogP contribution in [0.3, 0.4) is 0 Å². The molecular weight excluding hydrogens is 482 g/mol. The fourth-order valence-electron chi connectivity index (χ4n) is 3.36. The highest BCUT2D eigenvalue weighted by molar-refractivity contribution is 14.0. The van der Waals surface area contributed by atoms with E-state index >= 15 is 0 Å². The number of aliphatic imine (C=N–C) groups is 1. The van der Waals surface area contributed by atoms with E-state index < -0.39 is 0 Å². The lowest BCUT2D eigenvalue weighted by molar-refractivity contribution is 0.222. The van der Waals surface area contributed by atoms with Gasteiger partial charge in [-0.1, -0.05) is 24.3 Å². The van der Waals surface area contributed by atoms with Gasteiger partial charge in [-0.2, -0.15) is 0 Å². The molecule has 1 fully saturated rings. The third-order valence-corrected chi connectivity index (χ3v) is 4.87. The second-order valence-electron chi connectivity index (χ2n) is 7.08. The number of nitrogens with one attached hydrogen (secondary N) is 2. The Kier molecular flexibility index (Phi) is 9.50. The van der Waals surface area contributed by atoms with E-state index in [0.717, 1.165) is 31.9 Å². The van der Waals surface area contributed by atoms with Crippen LogP contribution in [0.15, 0.2) is 59.6 Å². The first-order chi connectivity index (χ1) is 13.6. The Hall–Kier alpha value is -2.03. The number of ether oxygens (including phenoxy) is 1. The highest BCUT2D eigenvalue weighted by atomic mass is 127. The summed E-state index contributed by atoms with van der Waals surface area (Å²) in [5.74, 6) is 1.01. The molecule has 1 unspecified atom stereocenters. The molecule has 3 rings (SSSR count). The lowest BCUT2D eigenvalue weighted by Gasteiger charge is -2.34. The van der Waals surface area contributed by atoms with Gasteiger partial charge in [-0.3, -0.25) is 4.99 Å². The maximum absolute atomic E-state index is 13.3. The number of halogens is 2. The van der Waals surface area contributed by atoms with Gasteiger partial charge >= 0.3 is 0 Å². The molecule has 0 radical (unpaired) electrons. The molecule has 1 aliphatic heterocycles. The van der Waals surface area contributed by atoms with Crippen molar-refractivity contribution in [3.05, 3.63) is 60.4 Å². The smallest absolute Gasteiger partial charge is 0.191 e. The van der Waals surface area contributed by atoms with Gasteiger partial charge in [-0.05, 0) is 44.0 Å². The van der Waals surface area contributed by atoms with E-state index in [1.807, 2.05) is 13.0 Å². The second-order valence-corrected chi connectivity index (χ2v) is 7.08. The molecule has 0 aliphatic carbocycles. The van der Waals surface area contributed by atoms with Gasteiger partial charge in [0, 0.05) is 37.9 Å². The zero-order chi connectivity index (χ0) is 19.8. The van der Waals surface area contributed by atoms with Crippen LogP contribution in [-0.4, -0.2) is 44.8 Å². The third kappa shape index (κ3) is 7.38. The topological polar surface area (TPSA) is 48.9 Å². The molecule has 2 aromatic carbocycles. The molecule has 7 heteroatoms. The van der Waals surface area contributed by atoms with E-state index in [1.54, 1.807) is 19.2 Å². The van der Waals surface area contributed by atoms with Gasteiger partial charge in [-0.15, -0.1) is 24.0 Å². The van der Waals surface area contributed by atoms with Crippen LogP contribution in [0.5, 0.6) is 5.75 Å². The normalized spacial score (nSPS) is 16.0. The number of hydrogen-bond acceptors (Lipinski definition) is 3. The summed E-state index contributed by atoms with van der Waals surface area (Å²) in [7, 11) is 1.77. The highest BCUT2D eigenvalue weighted by Gasteiger charge is 2.20. The fraction of sp³-hybridized carbons (Fsp3) is 0.409. The molecule has 158 valence electrons. The third-order valence-electron chi connectivity index (χ3n) is 4.87. The Morgan fingerprint density at radius 2 is 1.90 bits per heavy atom. The molecular formula is C22H30FIN4O. The second kappa shape index (κ2) is 11.8. The summed E-state index contributed by atoms with van der Waals surface area (Å²) < 4.78 is 19.0. The van der Waals surface area contributed by atoms with Crippen molar-refractivity contribution in [2.45, 2.75) is 31.9 Å². The zero-order valence-corrected chi connectivity index (χ0v) is 19.3. The molecule has 0 bridgehead atoms. The molecule has 1 atom stereocenters. The Labute approximate surface area is 189 Å². The Bertz CT molecular complexity index is 766. The first-order valence-electron chi connectivity index (χ1n) is 9.83. The summed E-state index contributed by atoms with van der Waals surface area (Å²) in [6.45, 7) is 4.58. The maximum atomic E-state index is 13.3. The van der Waals surface area contributed by atoms with Crippen LogP contribution in [0, 0.1) is 5.82 Å². The number of rotatable bonds is 6. The number of anilines is 1. The summed E-state index contributed by atoms with van der Waals surface area (Å²) in [5.41, 5.74) is 1.28. The van der Waals surface area contributed by atoms with Crippen molar-refractivity contribution < 1.29 is 9.13 Å². The van der Waals surface area contributed by atoms with Crippen LogP contribution in [0.4, 0.5) is 10.1 Å². The Balaban J connectivity index is 0.00000300. The quantitative estimate of drug-likeness (QED) is 0.349. The number of guanidine groups is 1. The molecule has 0 spiro atoms. The minimum atomic E-state index is -0.294. The highest BCUT2D eigenvalue weighted by Crippen LogP contribution is 2.19. The molecule has 29 heavy (non-hydrogen) atoms. The summed E-state index contributed by atoms with van der Waals surface area (Å²) in [6, 6.07) is 17.1. The molecule has 0 saturated carbocycles. The van der Waals surface area contributed by atoms with Crippen molar-refractivity contribution in [3.8, 4) is 5.75 Å². The number of hydrogen-bond donors (Lipinski definition) is 2. The molecule has 0 aromatic heterocycles. The van der Waals surface area contributed by atoms with Gasteiger partial charge in [0.15, 0.2) is 5.96 Å². The predicted molar refractivity (Wildman–Crippen MR) is 128 cm³/mol. The summed E-state index contributed by atoms with van der Waals surface area (Å²) in [6.07, 6.45) is 2.01. The van der Waals surface area contributed by atoms with Gasteiger partial charge in [0.1, 0.15) is 17.7 Å². The van der Waals surface area contributed by atoms with E-state index in [9.17, 15) is 4.39 Å². The van der Waals surface area contributed by atoms with E-state index in [2.05, 4.69) is 44.8 Å². The van der Waals surface area contributed by atoms with Gasteiger partial charge < -0.3 is 20.3 Å². The fourth-order valence-corrected chi connectivity index (χ4v) is 3.36. The predicted octanol–water partition coefficient (Wildman–Crippen LogP) is 4.05. The Morgan fingerprint density at radius 1 is 1.17 bits per heavy atom. The number of benzene rings is 2.